The van der Waals surface area contributed by atoms with Gasteiger partial charge in [-0.25, -0.2) is 14.6 Å². The first-order valence-electron chi connectivity index (χ1n) is 6.72. The smallest absolute Gasteiger partial charge is 0.360 e. The molecule has 0 bridgehead atoms. The molecular weight excluding hydrogens is 338 g/mol. The van der Waals surface area contributed by atoms with Gasteiger partial charge in [0.1, 0.15) is 17.9 Å². The molecule has 0 aliphatic heterocycles. The first-order valence-corrected chi connectivity index (χ1v) is 7.59. The van der Waals surface area contributed by atoms with E-state index in [4.69, 9.17) is 14.7 Å². The zero-order chi connectivity index (χ0) is 18.2. The second-order valence-corrected chi connectivity index (χ2v) is 6.13. The van der Waals surface area contributed by atoms with Crippen molar-refractivity contribution in [1.29, 1.82) is 0 Å². The second kappa shape index (κ2) is 8.77. The molecule has 1 heterocycles. The third-order valence-electron chi connectivity index (χ3n) is 2.12. The Morgan fingerprint density at radius 2 is 2.17 bits per heavy atom. The van der Waals surface area contributed by atoms with E-state index in [-0.39, 0.29) is 17.4 Å². The van der Waals surface area contributed by atoms with Crippen molar-refractivity contribution in [3.8, 4) is 0 Å². The number of carboxylic acid groups (broad SMARTS) is 1. The average molecular weight is 355 g/mol. The van der Waals surface area contributed by atoms with E-state index in [9.17, 15) is 14.4 Å². The highest BCUT2D eigenvalue weighted by Crippen LogP contribution is 2.15. The van der Waals surface area contributed by atoms with Crippen LogP contribution < -0.4 is 5.32 Å². The third kappa shape index (κ3) is 7.01. The Hall–Kier alpha value is -2.75. The molecule has 0 radical (unpaired) electrons. The minimum atomic E-state index is -1.34. The van der Waals surface area contributed by atoms with E-state index in [1.165, 1.54) is 11.5 Å². The molecule has 10 heteroatoms. The van der Waals surface area contributed by atoms with E-state index in [1.54, 1.807) is 20.8 Å². The average Bonchev–Trinajstić information content (AvgIpc) is 2.89. The number of aliphatic carboxylic acids is 1. The molecule has 0 fully saturated rings. The molecule has 0 saturated carbocycles. The standard InChI is InChI=1S/C14H17N3O6S/c1-14(2,3)23-10(19)5-4-6-22-17-11(12(20)21)9-7-24-13(16-9)15-8-18/h4-5,7-8H,6H2,1-3H3,(H,20,21)(H,15,16,18)/b5-4+,17-11?. The summed E-state index contributed by atoms with van der Waals surface area (Å²) >= 11 is 1.04. The van der Waals surface area contributed by atoms with Crippen LogP contribution in [0.3, 0.4) is 0 Å². The van der Waals surface area contributed by atoms with Gasteiger partial charge in [0.25, 0.3) is 0 Å². The molecule has 24 heavy (non-hydrogen) atoms. The van der Waals surface area contributed by atoms with Crippen molar-refractivity contribution in [2.45, 2.75) is 26.4 Å². The number of carbonyl (C=O) groups is 3. The van der Waals surface area contributed by atoms with Gasteiger partial charge < -0.3 is 20.0 Å². The van der Waals surface area contributed by atoms with Crippen LogP contribution in [0.1, 0.15) is 26.5 Å². The van der Waals surface area contributed by atoms with Gasteiger partial charge in [-0.1, -0.05) is 5.16 Å². The quantitative estimate of drug-likeness (QED) is 0.180. The molecule has 0 aliphatic rings. The van der Waals surface area contributed by atoms with E-state index < -0.39 is 23.3 Å². The van der Waals surface area contributed by atoms with Crippen LogP contribution in [0, 0.1) is 0 Å². The SMILES string of the molecule is CC(C)(C)OC(=O)/C=C/CON=C(C(=O)O)c1csc(NC=O)n1. The van der Waals surface area contributed by atoms with Crippen LogP contribution >= 0.6 is 11.3 Å². The summed E-state index contributed by atoms with van der Waals surface area (Å²) in [5, 5.41) is 16.5. The van der Waals surface area contributed by atoms with Crippen molar-refractivity contribution in [3.05, 3.63) is 23.2 Å². The van der Waals surface area contributed by atoms with Crippen LogP contribution in [0.2, 0.25) is 0 Å². The summed E-state index contributed by atoms with van der Waals surface area (Å²) in [5.74, 6) is -1.88. The van der Waals surface area contributed by atoms with Gasteiger partial charge in [-0.3, -0.25) is 4.79 Å². The molecule has 0 spiro atoms. The summed E-state index contributed by atoms with van der Waals surface area (Å²) in [5.41, 5.74) is -0.974. The highest BCUT2D eigenvalue weighted by atomic mass is 32.1. The number of nitrogens with one attached hydrogen (secondary N) is 1. The number of carbonyl (C=O) groups excluding carboxylic acids is 2. The number of amides is 1. The van der Waals surface area contributed by atoms with Gasteiger partial charge in [0.15, 0.2) is 5.13 Å². The number of hydrogen-bond donors (Lipinski definition) is 2. The van der Waals surface area contributed by atoms with Gasteiger partial charge in [0.2, 0.25) is 12.1 Å². The number of oxime groups is 1. The number of rotatable bonds is 8. The third-order valence-corrected chi connectivity index (χ3v) is 2.89. The largest absolute Gasteiger partial charge is 0.476 e. The van der Waals surface area contributed by atoms with Crippen LogP contribution in [0.15, 0.2) is 22.7 Å². The molecule has 9 nitrogen and oxygen atoms in total. The van der Waals surface area contributed by atoms with E-state index in [2.05, 4.69) is 15.5 Å². The summed E-state index contributed by atoms with van der Waals surface area (Å²) in [4.78, 5) is 41.6. The Labute approximate surface area is 142 Å². The zero-order valence-electron chi connectivity index (χ0n) is 13.3. The fourth-order valence-corrected chi connectivity index (χ4v) is 1.97. The fraction of sp³-hybridized carbons (Fsp3) is 0.357. The van der Waals surface area contributed by atoms with Crippen molar-refractivity contribution in [2.75, 3.05) is 11.9 Å². The Bertz CT molecular complexity index is 660. The maximum Gasteiger partial charge on any atom is 0.360 e. The lowest BCUT2D eigenvalue weighted by atomic mass is 10.2. The first-order chi connectivity index (χ1) is 11.2. The number of nitrogens with zero attached hydrogens (tertiary/aromatic N) is 2. The van der Waals surface area contributed by atoms with Crippen molar-refractivity contribution in [3.63, 3.8) is 0 Å². The predicted molar refractivity (Wildman–Crippen MR) is 86.9 cm³/mol. The predicted octanol–water partition coefficient (Wildman–Crippen LogP) is 1.41. The molecule has 0 unspecified atom stereocenters. The van der Waals surface area contributed by atoms with Crippen molar-refractivity contribution < 1.29 is 29.1 Å². The molecule has 1 aromatic heterocycles. The van der Waals surface area contributed by atoms with Crippen LogP contribution in [0.25, 0.3) is 0 Å². The summed E-state index contributed by atoms with van der Waals surface area (Å²) in [6.07, 6.45) is 2.94. The van der Waals surface area contributed by atoms with Gasteiger partial charge in [-0.05, 0) is 26.8 Å². The fourth-order valence-electron chi connectivity index (χ4n) is 1.32. The van der Waals surface area contributed by atoms with Crippen molar-refractivity contribution in [2.24, 2.45) is 5.16 Å². The number of anilines is 1. The van der Waals surface area contributed by atoms with E-state index >= 15 is 0 Å². The number of ether oxygens (including phenoxy) is 1. The molecule has 0 aliphatic carbocycles. The maximum absolute atomic E-state index is 11.4. The topological polar surface area (TPSA) is 127 Å². The molecule has 1 amide bonds. The normalized spacial score (nSPS) is 12.0. The number of carboxylic acids is 1. The number of thiazole rings is 1. The Kier molecular flexibility index (Phi) is 7.05. The lowest BCUT2D eigenvalue weighted by molar-refractivity contribution is -0.148. The van der Waals surface area contributed by atoms with Crippen LogP contribution in [0.4, 0.5) is 5.13 Å². The van der Waals surface area contributed by atoms with Gasteiger partial charge in [-0.2, -0.15) is 0 Å². The summed E-state index contributed by atoms with van der Waals surface area (Å²) in [7, 11) is 0. The minimum Gasteiger partial charge on any atom is -0.476 e. The second-order valence-electron chi connectivity index (χ2n) is 5.28. The van der Waals surface area contributed by atoms with Crippen molar-refractivity contribution >= 4 is 40.5 Å². The number of esters is 1. The minimum absolute atomic E-state index is 0.0490. The molecular formula is C14H17N3O6S. The number of hydrogen-bond acceptors (Lipinski definition) is 8. The Balaban J connectivity index is 2.62. The summed E-state index contributed by atoms with van der Waals surface area (Å²) in [6.45, 7) is 5.08. The molecule has 2 N–H and O–H groups in total. The Morgan fingerprint density at radius 1 is 1.46 bits per heavy atom. The molecule has 130 valence electrons. The first kappa shape index (κ1) is 19.3. The number of aromatic nitrogens is 1. The molecule has 0 saturated heterocycles. The Morgan fingerprint density at radius 3 is 2.75 bits per heavy atom. The molecule has 0 atom stereocenters. The molecule has 1 aromatic rings. The highest BCUT2D eigenvalue weighted by Gasteiger charge is 2.17. The van der Waals surface area contributed by atoms with Crippen LogP contribution in [0.5, 0.6) is 0 Å². The van der Waals surface area contributed by atoms with Crippen LogP contribution in [-0.2, 0) is 24.0 Å². The van der Waals surface area contributed by atoms with Gasteiger partial charge in [-0.15, -0.1) is 11.3 Å². The van der Waals surface area contributed by atoms with Crippen LogP contribution in [-0.4, -0.2) is 46.4 Å². The zero-order valence-corrected chi connectivity index (χ0v) is 14.1. The highest BCUT2D eigenvalue weighted by molar-refractivity contribution is 7.14. The van der Waals surface area contributed by atoms with Gasteiger partial charge in [0.05, 0.1) is 0 Å². The van der Waals surface area contributed by atoms with E-state index in [1.807, 2.05) is 0 Å². The molecule has 0 aromatic carbocycles. The van der Waals surface area contributed by atoms with E-state index in [0.717, 1.165) is 17.4 Å². The summed E-state index contributed by atoms with van der Waals surface area (Å²) < 4.78 is 5.04. The maximum atomic E-state index is 11.4. The lowest BCUT2D eigenvalue weighted by Crippen LogP contribution is -2.22. The van der Waals surface area contributed by atoms with Gasteiger partial charge >= 0.3 is 11.9 Å². The summed E-state index contributed by atoms with van der Waals surface area (Å²) in [6, 6.07) is 0. The van der Waals surface area contributed by atoms with Gasteiger partial charge in [0, 0.05) is 11.5 Å². The van der Waals surface area contributed by atoms with Crippen molar-refractivity contribution in [1.82, 2.24) is 4.98 Å². The van der Waals surface area contributed by atoms with E-state index in [0.29, 0.717) is 6.41 Å². The molecule has 1 rings (SSSR count). The monoisotopic (exact) mass is 355 g/mol. The lowest BCUT2D eigenvalue weighted by Gasteiger charge is -2.17.